The van der Waals surface area contributed by atoms with E-state index in [0.717, 1.165) is 4.90 Å². The quantitative estimate of drug-likeness (QED) is 0.821. The van der Waals surface area contributed by atoms with Crippen LogP contribution in [0.15, 0.2) is 35.2 Å². The molecule has 0 saturated carbocycles. The molecule has 106 valence electrons. The summed E-state index contributed by atoms with van der Waals surface area (Å²) in [6, 6.07) is 9.81. The fourth-order valence-electron chi connectivity index (χ4n) is 1.31. The van der Waals surface area contributed by atoms with E-state index in [9.17, 15) is 9.00 Å². The summed E-state index contributed by atoms with van der Waals surface area (Å²) in [7, 11) is -0.915. The Morgan fingerprint density at radius 3 is 2.47 bits per heavy atom. The van der Waals surface area contributed by atoms with E-state index >= 15 is 0 Å². The summed E-state index contributed by atoms with van der Waals surface area (Å²) in [6.07, 6.45) is 0. The Bertz CT molecular complexity index is 427. The van der Waals surface area contributed by atoms with Gasteiger partial charge in [0.05, 0.1) is 5.75 Å². The fourth-order valence-corrected chi connectivity index (χ4v) is 2.96. The number of carbonyl (C=O) groups excluding carboxylic acids is 1. The van der Waals surface area contributed by atoms with Crippen LogP contribution in [0.1, 0.15) is 20.8 Å². The predicted molar refractivity (Wildman–Crippen MR) is 82.9 cm³/mol. The fraction of sp³-hybridized carbons (Fsp3) is 0.500. The molecular formula is C14H21NO2S2. The summed E-state index contributed by atoms with van der Waals surface area (Å²) >= 11 is 1.51. The number of hydrogen-bond donors (Lipinski definition) is 1. The normalized spacial score (nSPS) is 13.0. The van der Waals surface area contributed by atoms with Gasteiger partial charge >= 0.3 is 0 Å². The first-order valence-electron chi connectivity index (χ1n) is 6.22. The van der Waals surface area contributed by atoms with E-state index in [1.165, 1.54) is 11.8 Å². The highest BCUT2D eigenvalue weighted by Gasteiger charge is 2.18. The highest BCUT2D eigenvalue weighted by atomic mass is 32.2. The molecule has 1 rings (SSSR count). The third-order valence-corrected chi connectivity index (χ3v) is 5.36. The molecule has 0 heterocycles. The Labute approximate surface area is 122 Å². The second-order valence-electron chi connectivity index (χ2n) is 5.11. The van der Waals surface area contributed by atoms with Crippen molar-refractivity contribution < 1.29 is 9.00 Å². The number of nitrogens with one attached hydrogen (secondary N) is 1. The van der Waals surface area contributed by atoms with E-state index in [4.69, 9.17) is 0 Å². The highest BCUT2D eigenvalue weighted by Crippen LogP contribution is 2.16. The van der Waals surface area contributed by atoms with E-state index < -0.39 is 10.8 Å². The number of benzene rings is 1. The second kappa shape index (κ2) is 7.70. The first-order chi connectivity index (χ1) is 8.89. The molecule has 1 aromatic carbocycles. The monoisotopic (exact) mass is 299 g/mol. The Morgan fingerprint density at radius 2 is 1.89 bits per heavy atom. The Kier molecular flexibility index (Phi) is 6.58. The van der Waals surface area contributed by atoms with E-state index in [1.807, 2.05) is 51.1 Å². The summed E-state index contributed by atoms with van der Waals surface area (Å²) in [5.41, 5.74) is 0. The number of amides is 1. The summed E-state index contributed by atoms with van der Waals surface area (Å²) < 4.78 is 11.6. The van der Waals surface area contributed by atoms with Crippen molar-refractivity contribution in [1.82, 2.24) is 5.32 Å². The number of hydrogen-bond acceptors (Lipinski definition) is 3. The Hall–Kier alpha value is -0.810. The zero-order chi connectivity index (χ0) is 14.3. The van der Waals surface area contributed by atoms with Crippen molar-refractivity contribution in [2.45, 2.75) is 30.4 Å². The van der Waals surface area contributed by atoms with Gasteiger partial charge in [-0.1, -0.05) is 18.2 Å². The third-order valence-electron chi connectivity index (χ3n) is 2.41. The van der Waals surface area contributed by atoms with Crippen LogP contribution in [0.4, 0.5) is 0 Å². The van der Waals surface area contributed by atoms with Gasteiger partial charge in [-0.2, -0.15) is 0 Å². The van der Waals surface area contributed by atoms with E-state index in [0.29, 0.717) is 18.1 Å². The van der Waals surface area contributed by atoms with E-state index in [-0.39, 0.29) is 10.7 Å². The molecule has 1 N–H and O–H groups in total. The van der Waals surface area contributed by atoms with Gasteiger partial charge in [0.1, 0.15) is 0 Å². The van der Waals surface area contributed by atoms with Crippen LogP contribution < -0.4 is 5.32 Å². The second-order valence-corrected chi connectivity index (χ2v) is 8.49. The average molecular weight is 299 g/mol. The van der Waals surface area contributed by atoms with Crippen LogP contribution in [0.2, 0.25) is 0 Å². The van der Waals surface area contributed by atoms with Gasteiger partial charge in [0.15, 0.2) is 0 Å². The van der Waals surface area contributed by atoms with Crippen LogP contribution in [0.5, 0.6) is 0 Å². The van der Waals surface area contributed by atoms with Crippen molar-refractivity contribution in [2.24, 2.45) is 0 Å². The molecule has 0 saturated heterocycles. The standard InChI is InChI=1S/C14H21NO2S2/c1-14(2,3)19(17)10-9-15-13(16)11-18-12-7-5-4-6-8-12/h4-8H,9-11H2,1-3H3,(H,15,16)/t19-/m1/s1. The lowest BCUT2D eigenvalue weighted by Crippen LogP contribution is -2.33. The molecule has 0 aromatic heterocycles. The third kappa shape index (κ3) is 6.78. The van der Waals surface area contributed by atoms with Crippen LogP contribution in [-0.2, 0) is 15.6 Å². The molecule has 19 heavy (non-hydrogen) atoms. The van der Waals surface area contributed by atoms with Gasteiger partial charge < -0.3 is 5.32 Å². The van der Waals surface area contributed by atoms with Gasteiger partial charge in [0.2, 0.25) is 5.91 Å². The predicted octanol–water partition coefficient (Wildman–Crippen LogP) is 2.44. The molecule has 0 aliphatic carbocycles. The van der Waals surface area contributed by atoms with Crippen molar-refractivity contribution in [3.8, 4) is 0 Å². The van der Waals surface area contributed by atoms with Crippen molar-refractivity contribution in [1.29, 1.82) is 0 Å². The summed E-state index contributed by atoms with van der Waals surface area (Å²) in [5, 5.41) is 2.80. The van der Waals surface area contributed by atoms with E-state index in [2.05, 4.69) is 5.32 Å². The summed E-state index contributed by atoms with van der Waals surface area (Å²) in [4.78, 5) is 12.7. The molecule has 1 amide bonds. The van der Waals surface area contributed by atoms with Crippen molar-refractivity contribution in [2.75, 3.05) is 18.1 Å². The van der Waals surface area contributed by atoms with Gasteiger partial charge in [0.25, 0.3) is 0 Å². The molecule has 1 atom stereocenters. The van der Waals surface area contributed by atoms with Gasteiger partial charge in [-0.3, -0.25) is 9.00 Å². The van der Waals surface area contributed by atoms with Gasteiger partial charge in [-0.15, -0.1) is 11.8 Å². The van der Waals surface area contributed by atoms with Crippen LogP contribution in [0.3, 0.4) is 0 Å². The Balaban J connectivity index is 2.20. The molecule has 5 heteroatoms. The zero-order valence-electron chi connectivity index (χ0n) is 11.6. The first kappa shape index (κ1) is 16.2. The molecule has 0 aliphatic rings. The SMILES string of the molecule is CC(C)(C)[S@](=O)CCNC(=O)CSc1ccccc1. The lowest BCUT2D eigenvalue weighted by atomic mass is 10.3. The Morgan fingerprint density at radius 1 is 1.26 bits per heavy atom. The highest BCUT2D eigenvalue weighted by molar-refractivity contribution is 8.00. The lowest BCUT2D eigenvalue weighted by Gasteiger charge is -2.17. The minimum atomic E-state index is -0.915. The molecule has 0 radical (unpaired) electrons. The zero-order valence-corrected chi connectivity index (χ0v) is 13.3. The molecule has 0 unspecified atom stereocenters. The summed E-state index contributed by atoms with van der Waals surface area (Å²) in [5.74, 6) is 0.886. The van der Waals surface area contributed by atoms with Crippen LogP contribution in [0, 0.1) is 0 Å². The lowest BCUT2D eigenvalue weighted by molar-refractivity contribution is -0.118. The molecule has 0 bridgehead atoms. The largest absolute Gasteiger partial charge is 0.354 e. The van der Waals surface area contributed by atoms with Crippen molar-refractivity contribution >= 4 is 28.5 Å². The average Bonchev–Trinajstić information content (AvgIpc) is 2.36. The maximum absolute atomic E-state index is 11.8. The van der Waals surface area contributed by atoms with Gasteiger partial charge in [-0.25, -0.2) is 0 Å². The number of rotatable bonds is 6. The maximum Gasteiger partial charge on any atom is 0.230 e. The summed E-state index contributed by atoms with van der Waals surface area (Å²) in [6.45, 7) is 6.29. The minimum absolute atomic E-state index is 0.0141. The molecule has 0 aliphatic heterocycles. The minimum Gasteiger partial charge on any atom is -0.354 e. The van der Waals surface area contributed by atoms with Crippen LogP contribution >= 0.6 is 11.8 Å². The van der Waals surface area contributed by atoms with E-state index in [1.54, 1.807) is 0 Å². The topological polar surface area (TPSA) is 46.2 Å². The number of thioether (sulfide) groups is 1. The van der Waals surface area contributed by atoms with Gasteiger partial charge in [0, 0.05) is 32.7 Å². The molecule has 0 spiro atoms. The first-order valence-corrected chi connectivity index (χ1v) is 8.53. The molecule has 3 nitrogen and oxygen atoms in total. The van der Waals surface area contributed by atoms with Crippen molar-refractivity contribution in [3.05, 3.63) is 30.3 Å². The maximum atomic E-state index is 11.8. The van der Waals surface area contributed by atoms with Crippen molar-refractivity contribution in [3.63, 3.8) is 0 Å². The molecule has 0 fully saturated rings. The molecule has 1 aromatic rings. The molecular weight excluding hydrogens is 278 g/mol. The van der Waals surface area contributed by atoms with Crippen LogP contribution in [-0.4, -0.2) is 32.9 Å². The number of carbonyl (C=O) groups is 1. The smallest absolute Gasteiger partial charge is 0.230 e. The van der Waals surface area contributed by atoms with Gasteiger partial charge in [-0.05, 0) is 32.9 Å². The van der Waals surface area contributed by atoms with Crippen LogP contribution in [0.25, 0.3) is 0 Å².